The molecule has 0 bridgehead atoms. The van der Waals surface area contributed by atoms with Crippen LogP contribution >= 0.6 is 0 Å². The Hall–Kier alpha value is -2.24. The second kappa shape index (κ2) is 17.8. The average molecular weight is 598 g/mol. The molecule has 3 rings (SSSR count). The smallest absolute Gasteiger partial charge is 0.187 e. The van der Waals surface area contributed by atoms with Crippen molar-refractivity contribution in [2.75, 3.05) is 51.9 Å². The Morgan fingerprint density at radius 1 is 0.905 bits per heavy atom. The zero-order valence-corrected chi connectivity index (χ0v) is 24.9. The van der Waals surface area contributed by atoms with E-state index in [1.165, 1.54) is 0 Å². The molecule has 0 aliphatic carbocycles. The van der Waals surface area contributed by atoms with Crippen molar-refractivity contribution in [1.29, 1.82) is 0 Å². The fourth-order valence-electron chi connectivity index (χ4n) is 4.26. The van der Waals surface area contributed by atoms with E-state index in [2.05, 4.69) is 15.6 Å². The molecule has 0 radical (unpaired) electrons. The van der Waals surface area contributed by atoms with Crippen molar-refractivity contribution >= 4 is 5.69 Å². The molecule has 14 nitrogen and oxygen atoms in total. The van der Waals surface area contributed by atoms with Crippen LogP contribution in [0.3, 0.4) is 0 Å². The molecule has 0 saturated carbocycles. The molecule has 0 amide bonds. The monoisotopic (exact) mass is 597 g/mol. The lowest BCUT2D eigenvalue weighted by atomic mass is 9.97. The summed E-state index contributed by atoms with van der Waals surface area (Å²) in [5.74, 6) is 0. The number of nitrogens with two attached hydrogens (primary N) is 1. The molecular formula is C28H47N5O9. The summed E-state index contributed by atoms with van der Waals surface area (Å²) < 4.78 is 35.5. The van der Waals surface area contributed by atoms with Gasteiger partial charge < -0.3 is 49.5 Å². The molecule has 6 N–H and O–H groups in total. The van der Waals surface area contributed by atoms with Crippen molar-refractivity contribution in [2.24, 2.45) is 0 Å². The third-order valence-electron chi connectivity index (χ3n) is 6.28. The molecule has 42 heavy (non-hydrogen) atoms. The molecule has 6 atom stereocenters. The van der Waals surface area contributed by atoms with Crippen molar-refractivity contribution in [3.63, 3.8) is 0 Å². The first kappa shape index (κ1) is 34.3. The van der Waals surface area contributed by atoms with Crippen molar-refractivity contribution in [2.45, 2.75) is 83.4 Å². The first-order chi connectivity index (χ1) is 20.2. The predicted octanol–water partition coefficient (Wildman–Crippen LogP) is 0.150. The van der Waals surface area contributed by atoms with Gasteiger partial charge in [-0.2, -0.15) is 0 Å². The lowest BCUT2D eigenvalue weighted by molar-refractivity contribution is -0.328. The van der Waals surface area contributed by atoms with Gasteiger partial charge in [0.1, 0.15) is 36.3 Å². The van der Waals surface area contributed by atoms with E-state index in [1.54, 1.807) is 32.4 Å². The number of nitrogens with one attached hydrogen (secondary N) is 1. The number of nitrogen functional groups attached to an aromatic ring is 1. The number of rotatable bonds is 19. The number of aromatic nitrogens is 3. The van der Waals surface area contributed by atoms with Gasteiger partial charge >= 0.3 is 0 Å². The third kappa shape index (κ3) is 11.1. The van der Waals surface area contributed by atoms with Crippen LogP contribution in [-0.4, -0.2) is 126 Å². The maximum atomic E-state index is 10.7. The predicted molar refractivity (Wildman–Crippen MR) is 153 cm³/mol. The summed E-state index contributed by atoms with van der Waals surface area (Å²) in [5.41, 5.74) is 8.15. The first-order valence-electron chi connectivity index (χ1n) is 14.4. The Labute approximate surface area is 247 Å². The van der Waals surface area contributed by atoms with E-state index in [-0.39, 0.29) is 12.2 Å². The van der Waals surface area contributed by atoms with Crippen molar-refractivity contribution in [3.8, 4) is 11.3 Å². The van der Waals surface area contributed by atoms with E-state index < -0.39 is 36.9 Å². The summed E-state index contributed by atoms with van der Waals surface area (Å²) in [5, 5.41) is 43.0. The van der Waals surface area contributed by atoms with Gasteiger partial charge in [-0.15, -0.1) is 5.10 Å². The lowest BCUT2D eigenvalue weighted by Crippen LogP contribution is -2.64. The minimum absolute atomic E-state index is 0.248. The largest absolute Gasteiger partial charge is 0.399 e. The van der Waals surface area contributed by atoms with Gasteiger partial charge in [0.25, 0.3) is 0 Å². The molecular weight excluding hydrogens is 550 g/mol. The Morgan fingerprint density at radius 2 is 1.52 bits per heavy atom. The van der Waals surface area contributed by atoms with Gasteiger partial charge in [0.2, 0.25) is 0 Å². The van der Waals surface area contributed by atoms with E-state index in [1.807, 2.05) is 30.5 Å². The second-order valence-corrected chi connectivity index (χ2v) is 10.5. The molecule has 1 aromatic heterocycles. The fraction of sp³-hybridized carbons (Fsp3) is 0.714. The Kier molecular flexibility index (Phi) is 14.5. The van der Waals surface area contributed by atoms with Crippen LogP contribution in [0.15, 0.2) is 30.5 Å². The third-order valence-corrected chi connectivity index (χ3v) is 6.28. The molecule has 1 aliphatic rings. The minimum Gasteiger partial charge on any atom is -0.399 e. The Balaban J connectivity index is 1.23. The normalized spacial score (nSPS) is 23.6. The second-order valence-electron chi connectivity index (χ2n) is 10.5. The molecule has 1 saturated heterocycles. The number of ether oxygens (including phenoxy) is 6. The maximum Gasteiger partial charge on any atom is 0.187 e. The highest BCUT2D eigenvalue weighted by Crippen LogP contribution is 2.27. The number of benzene rings is 1. The molecule has 2 unspecified atom stereocenters. The van der Waals surface area contributed by atoms with Gasteiger partial charge in [0.15, 0.2) is 6.29 Å². The Bertz CT molecular complexity index is 1010. The standard InChI is InChI=1S/C28H47N5O9/c1-18(2)40-25-23(34)24(35)28(41-19(3)4)42-26(25)27(36)30-9-11-37-13-15-39-16-14-38-12-10-33-17-22(31-32-33)20-5-7-21(29)8-6-20/h5-8,17-19,23-28,30,34-36H,9-16,29H2,1-4H3/t23-,24+,25+,26?,27?,28-/m1/s1. The van der Waals surface area contributed by atoms with Crippen LogP contribution in [0, 0.1) is 0 Å². The van der Waals surface area contributed by atoms with Crippen molar-refractivity contribution in [1.82, 2.24) is 20.3 Å². The zero-order valence-electron chi connectivity index (χ0n) is 24.9. The van der Waals surface area contributed by atoms with Crippen LogP contribution in [-0.2, 0) is 35.0 Å². The van der Waals surface area contributed by atoms with Crippen LogP contribution in [0.25, 0.3) is 11.3 Å². The molecule has 14 heteroatoms. The molecule has 0 spiro atoms. The van der Waals surface area contributed by atoms with Gasteiger partial charge in [-0.1, -0.05) is 17.3 Å². The maximum absolute atomic E-state index is 10.7. The van der Waals surface area contributed by atoms with Crippen LogP contribution < -0.4 is 11.1 Å². The van der Waals surface area contributed by atoms with E-state index in [0.29, 0.717) is 58.4 Å². The van der Waals surface area contributed by atoms with E-state index in [0.717, 1.165) is 11.3 Å². The molecule has 1 fully saturated rings. The van der Waals surface area contributed by atoms with Crippen molar-refractivity contribution in [3.05, 3.63) is 30.5 Å². The van der Waals surface area contributed by atoms with E-state index in [4.69, 9.17) is 34.2 Å². The minimum atomic E-state index is -1.31. The summed E-state index contributed by atoms with van der Waals surface area (Å²) in [6.07, 6.45) is -5.44. The van der Waals surface area contributed by atoms with Gasteiger partial charge in [0.05, 0.1) is 64.6 Å². The van der Waals surface area contributed by atoms with Gasteiger partial charge in [-0.3, -0.25) is 5.32 Å². The summed E-state index contributed by atoms with van der Waals surface area (Å²) in [6.45, 7) is 10.5. The summed E-state index contributed by atoms with van der Waals surface area (Å²) in [6, 6.07) is 7.47. The molecule has 1 aliphatic heterocycles. The first-order valence-corrected chi connectivity index (χ1v) is 14.4. The Morgan fingerprint density at radius 3 is 2.17 bits per heavy atom. The van der Waals surface area contributed by atoms with Gasteiger partial charge in [0, 0.05) is 17.8 Å². The van der Waals surface area contributed by atoms with Crippen molar-refractivity contribution < 1.29 is 43.7 Å². The summed E-state index contributed by atoms with van der Waals surface area (Å²) in [4.78, 5) is 0. The zero-order chi connectivity index (χ0) is 30.5. The summed E-state index contributed by atoms with van der Waals surface area (Å²) in [7, 11) is 0. The topological polar surface area (TPSA) is 185 Å². The number of hydrogen-bond donors (Lipinski definition) is 5. The SMILES string of the molecule is CC(C)O[C@@H]1OC(C(O)NCCOCCOCCOCCn2cc(-c3ccc(N)cc3)nn2)[C@@H](OC(C)C)[C@H](O)[C@@H]1O. The molecule has 238 valence electrons. The number of aliphatic hydroxyl groups excluding tert-OH is 3. The lowest BCUT2D eigenvalue weighted by Gasteiger charge is -2.44. The molecule has 2 aromatic rings. The number of anilines is 1. The van der Waals surface area contributed by atoms with Gasteiger partial charge in [-0.05, 0) is 39.8 Å². The van der Waals surface area contributed by atoms with Crippen LogP contribution in [0.1, 0.15) is 27.7 Å². The quantitative estimate of drug-likeness (QED) is 0.0838. The van der Waals surface area contributed by atoms with Gasteiger partial charge in [-0.25, -0.2) is 4.68 Å². The number of aliphatic hydroxyl groups is 3. The molecule has 2 heterocycles. The van der Waals surface area contributed by atoms with Crippen LogP contribution in [0.2, 0.25) is 0 Å². The highest BCUT2D eigenvalue weighted by Gasteiger charge is 2.48. The van der Waals surface area contributed by atoms with E-state index in [9.17, 15) is 15.3 Å². The number of hydrogen-bond acceptors (Lipinski definition) is 13. The van der Waals surface area contributed by atoms with Crippen LogP contribution in [0.5, 0.6) is 0 Å². The highest BCUT2D eigenvalue weighted by atomic mass is 16.7. The fourth-order valence-corrected chi connectivity index (χ4v) is 4.26. The van der Waals surface area contributed by atoms with E-state index >= 15 is 0 Å². The van der Waals surface area contributed by atoms with Crippen LogP contribution in [0.4, 0.5) is 5.69 Å². The highest BCUT2D eigenvalue weighted by molar-refractivity contribution is 5.60. The average Bonchev–Trinajstić information content (AvgIpc) is 3.42. The number of nitrogens with zero attached hydrogens (tertiary/aromatic N) is 3. The summed E-state index contributed by atoms with van der Waals surface area (Å²) >= 11 is 0. The molecule has 1 aromatic carbocycles.